The number of amides is 2. The number of thioether (sulfide) groups is 1. The molecule has 3 aromatic carbocycles. The molecule has 42 heavy (non-hydrogen) atoms. The Morgan fingerprint density at radius 3 is 2.31 bits per heavy atom. The Morgan fingerprint density at radius 2 is 1.64 bits per heavy atom. The highest BCUT2D eigenvalue weighted by Gasteiger charge is 2.38. The van der Waals surface area contributed by atoms with Gasteiger partial charge in [0.25, 0.3) is 0 Å². The van der Waals surface area contributed by atoms with Gasteiger partial charge in [0.1, 0.15) is 6.54 Å². The average Bonchev–Trinajstić information content (AvgIpc) is 3.00. The molecule has 1 fully saturated rings. The number of rotatable bonds is 11. The van der Waals surface area contributed by atoms with Gasteiger partial charge >= 0.3 is 18.0 Å². The van der Waals surface area contributed by atoms with E-state index in [4.69, 9.17) is 14.2 Å². The minimum Gasteiger partial charge on any atom is -0.478 e. The molecule has 0 spiro atoms. The summed E-state index contributed by atoms with van der Waals surface area (Å²) in [4.78, 5) is 36.0. The van der Waals surface area contributed by atoms with Gasteiger partial charge in [-0.2, -0.15) is 0 Å². The summed E-state index contributed by atoms with van der Waals surface area (Å²) >= 11 is 1.42. The Bertz CT molecular complexity index is 1370. The molecule has 0 radical (unpaired) electrons. The summed E-state index contributed by atoms with van der Waals surface area (Å²) in [6.07, 6.45) is -1.34. The summed E-state index contributed by atoms with van der Waals surface area (Å²) in [6, 6.07) is 20.9. The third kappa shape index (κ3) is 8.10. The molecule has 3 aromatic rings. The Morgan fingerprint density at radius 1 is 0.952 bits per heavy atom. The lowest BCUT2D eigenvalue weighted by atomic mass is 9.91. The van der Waals surface area contributed by atoms with E-state index in [1.165, 1.54) is 11.8 Å². The number of aliphatic hydroxyl groups excluding tert-OH is 1. The van der Waals surface area contributed by atoms with Gasteiger partial charge in [-0.3, -0.25) is 4.79 Å². The van der Waals surface area contributed by atoms with Gasteiger partial charge in [0, 0.05) is 27.8 Å². The zero-order chi connectivity index (χ0) is 30.1. The number of aliphatic hydroxyl groups is 1. The van der Waals surface area contributed by atoms with Gasteiger partial charge in [0.2, 0.25) is 0 Å². The highest BCUT2D eigenvalue weighted by molar-refractivity contribution is 7.99. The van der Waals surface area contributed by atoms with Crippen molar-refractivity contribution in [2.24, 2.45) is 5.92 Å². The maximum Gasteiger partial charge on any atom is 0.336 e. The van der Waals surface area contributed by atoms with Crippen molar-refractivity contribution in [3.8, 4) is 0 Å². The molecule has 2 amide bonds. The number of anilines is 1. The molecule has 1 aliphatic heterocycles. The third-order valence-electron chi connectivity index (χ3n) is 6.78. The monoisotopic (exact) mass is 594 g/mol. The summed E-state index contributed by atoms with van der Waals surface area (Å²) in [5, 5.41) is 24.2. The van der Waals surface area contributed by atoms with Crippen LogP contribution in [0.25, 0.3) is 0 Å². The lowest BCUT2D eigenvalue weighted by molar-refractivity contribution is -0.268. The van der Waals surface area contributed by atoms with Crippen LogP contribution in [0, 0.1) is 5.92 Å². The third-order valence-corrected chi connectivity index (χ3v) is 7.95. The molecule has 10 nitrogen and oxygen atoms in total. The average molecular weight is 595 g/mol. The molecule has 1 saturated heterocycles. The largest absolute Gasteiger partial charge is 0.478 e. The quantitative estimate of drug-likeness (QED) is 0.175. The van der Waals surface area contributed by atoms with Crippen molar-refractivity contribution in [3.05, 3.63) is 95.1 Å². The Hall–Kier alpha value is -3.90. The number of hydrogen-bond acceptors (Lipinski definition) is 8. The molecule has 0 unspecified atom stereocenters. The van der Waals surface area contributed by atoms with E-state index in [9.17, 15) is 24.6 Å². The number of aromatic carboxylic acids is 1. The molecule has 1 aliphatic rings. The number of esters is 1. The van der Waals surface area contributed by atoms with Crippen LogP contribution in [-0.2, 0) is 25.6 Å². The second kappa shape index (κ2) is 14.8. The van der Waals surface area contributed by atoms with Crippen LogP contribution < -0.4 is 10.6 Å². The first-order chi connectivity index (χ1) is 20.3. The molecular formula is C31H34N2O8S. The maximum atomic E-state index is 12.2. The molecule has 0 aliphatic carbocycles. The van der Waals surface area contributed by atoms with Gasteiger partial charge in [-0.05, 0) is 42.3 Å². The SMILES string of the molecule is CCOC(=O)CNC(=O)Nc1ccc([C@H]2O[C@@H](CSc3ccccc3C(=O)O)[C@@H](C)[C@@H](c3ccc(CO)cc3)O2)cc1. The second-order valence-electron chi connectivity index (χ2n) is 9.67. The van der Waals surface area contributed by atoms with Crippen LogP contribution in [-0.4, -0.2) is 53.2 Å². The summed E-state index contributed by atoms with van der Waals surface area (Å²) in [5.74, 6) is -1.09. The van der Waals surface area contributed by atoms with E-state index >= 15 is 0 Å². The van der Waals surface area contributed by atoms with Crippen LogP contribution in [0.4, 0.5) is 10.5 Å². The van der Waals surface area contributed by atoms with Crippen molar-refractivity contribution in [1.29, 1.82) is 0 Å². The number of urea groups is 1. The first kappa shape index (κ1) is 31.0. The van der Waals surface area contributed by atoms with Crippen LogP contribution in [0.5, 0.6) is 0 Å². The predicted octanol–water partition coefficient (Wildman–Crippen LogP) is 5.15. The first-order valence-electron chi connectivity index (χ1n) is 13.5. The summed E-state index contributed by atoms with van der Waals surface area (Å²) < 4.78 is 17.7. The van der Waals surface area contributed by atoms with Crippen LogP contribution in [0.1, 0.15) is 53.3 Å². The van der Waals surface area contributed by atoms with E-state index in [-0.39, 0.29) is 43.4 Å². The van der Waals surface area contributed by atoms with Gasteiger partial charge in [-0.1, -0.05) is 55.5 Å². The van der Waals surface area contributed by atoms with Crippen LogP contribution >= 0.6 is 11.8 Å². The van der Waals surface area contributed by atoms with Crippen molar-refractivity contribution < 1.29 is 38.8 Å². The minimum atomic E-state index is -0.984. The van der Waals surface area contributed by atoms with Gasteiger partial charge in [-0.25, -0.2) is 9.59 Å². The van der Waals surface area contributed by atoms with E-state index < -0.39 is 24.3 Å². The van der Waals surface area contributed by atoms with E-state index in [1.807, 2.05) is 37.3 Å². The standard InChI is InChI=1S/C31H34N2O8S/c1-3-39-27(35)16-32-31(38)33-23-14-12-22(13-15-23)30-40-25(18-42-26-7-5-4-6-24(26)29(36)37)19(2)28(41-30)21-10-8-20(17-34)9-11-21/h4-15,19,25,28,30,34H,3,16-18H2,1-2H3,(H,36,37)(H2,32,33,38)/t19-,25+,28+,30+/m1/s1. The van der Waals surface area contributed by atoms with Crippen molar-refractivity contribution in [1.82, 2.24) is 5.32 Å². The topological polar surface area (TPSA) is 143 Å². The van der Waals surface area contributed by atoms with Crippen molar-refractivity contribution in [3.63, 3.8) is 0 Å². The van der Waals surface area contributed by atoms with E-state index in [1.54, 1.807) is 49.4 Å². The fraction of sp³-hybridized carbons (Fsp3) is 0.323. The van der Waals surface area contributed by atoms with Crippen LogP contribution in [0.15, 0.2) is 77.7 Å². The molecular weight excluding hydrogens is 560 g/mol. The number of benzene rings is 3. The zero-order valence-corrected chi connectivity index (χ0v) is 24.1. The number of nitrogens with one attached hydrogen (secondary N) is 2. The number of carboxylic acids is 1. The Kier molecular flexibility index (Phi) is 11.0. The predicted molar refractivity (Wildman–Crippen MR) is 157 cm³/mol. The van der Waals surface area contributed by atoms with Gasteiger partial charge in [-0.15, -0.1) is 11.8 Å². The number of carboxylic acid groups (broad SMARTS) is 1. The molecule has 11 heteroatoms. The summed E-state index contributed by atoms with van der Waals surface area (Å²) in [5.41, 5.74) is 3.21. The summed E-state index contributed by atoms with van der Waals surface area (Å²) in [7, 11) is 0. The fourth-order valence-corrected chi connectivity index (χ4v) is 5.73. The van der Waals surface area contributed by atoms with Crippen LogP contribution in [0.3, 0.4) is 0 Å². The molecule has 4 N–H and O–H groups in total. The van der Waals surface area contributed by atoms with E-state index in [0.29, 0.717) is 16.3 Å². The molecule has 1 heterocycles. The Balaban J connectivity index is 1.50. The lowest BCUT2D eigenvalue weighted by Crippen LogP contribution is -2.38. The molecule has 0 saturated carbocycles. The molecule has 4 atom stereocenters. The first-order valence-corrected chi connectivity index (χ1v) is 14.5. The fourth-order valence-electron chi connectivity index (χ4n) is 4.51. The molecule has 4 rings (SSSR count). The van der Waals surface area contributed by atoms with Crippen LogP contribution in [0.2, 0.25) is 0 Å². The smallest absolute Gasteiger partial charge is 0.336 e. The number of hydrogen-bond donors (Lipinski definition) is 4. The van der Waals surface area contributed by atoms with E-state index in [2.05, 4.69) is 10.6 Å². The molecule has 222 valence electrons. The van der Waals surface area contributed by atoms with Gasteiger partial charge in [0.05, 0.1) is 31.0 Å². The highest BCUT2D eigenvalue weighted by Crippen LogP contribution is 2.43. The zero-order valence-electron chi connectivity index (χ0n) is 23.3. The summed E-state index contributed by atoms with van der Waals surface area (Å²) in [6.45, 7) is 3.66. The molecule has 0 bridgehead atoms. The van der Waals surface area contributed by atoms with Crippen molar-refractivity contribution >= 4 is 35.4 Å². The highest BCUT2D eigenvalue weighted by atomic mass is 32.2. The molecule has 0 aromatic heterocycles. The van der Waals surface area contributed by atoms with Crippen molar-refractivity contribution in [2.75, 3.05) is 24.2 Å². The minimum absolute atomic E-state index is 0.0590. The van der Waals surface area contributed by atoms with Crippen molar-refractivity contribution in [2.45, 2.75) is 43.8 Å². The van der Waals surface area contributed by atoms with E-state index in [0.717, 1.165) is 16.7 Å². The number of ether oxygens (including phenoxy) is 3. The van der Waals surface area contributed by atoms with Gasteiger partial charge < -0.3 is 35.1 Å². The lowest BCUT2D eigenvalue weighted by Gasteiger charge is -2.41. The number of carbonyl (C=O) groups is 3. The normalized spacial score (nSPS) is 20.0. The maximum absolute atomic E-state index is 12.2. The van der Waals surface area contributed by atoms with Gasteiger partial charge in [0.15, 0.2) is 6.29 Å². The Labute approximate surface area is 248 Å². The second-order valence-corrected chi connectivity index (χ2v) is 10.7. The number of carbonyl (C=O) groups excluding carboxylic acids is 2.